The zero-order valence-corrected chi connectivity index (χ0v) is 13.3. The number of rotatable bonds is 5. The molecule has 4 nitrogen and oxygen atoms in total. The summed E-state index contributed by atoms with van der Waals surface area (Å²) in [5.41, 5.74) is 0. The molecule has 0 radical (unpaired) electrons. The minimum absolute atomic E-state index is 0.0492. The summed E-state index contributed by atoms with van der Waals surface area (Å²) in [6, 6.07) is 1.36. The largest absolute Gasteiger partial charge is 0.396 e. The van der Waals surface area contributed by atoms with Crippen molar-refractivity contribution in [3.8, 4) is 0 Å². The van der Waals surface area contributed by atoms with Crippen LogP contribution in [0, 0.1) is 0 Å². The van der Waals surface area contributed by atoms with E-state index in [0.29, 0.717) is 23.7 Å². The van der Waals surface area contributed by atoms with Crippen molar-refractivity contribution in [2.45, 2.75) is 36.6 Å². The lowest BCUT2D eigenvalue weighted by Crippen LogP contribution is -2.35. The molecule has 1 saturated heterocycles. The van der Waals surface area contributed by atoms with Gasteiger partial charge in [0.15, 0.2) is 0 Å². The topological polar surface area (TPSA) is 57.6 Å². The predicted octanol–water partition coefficient (Wildman–Crippen LogP) is 2.98. The van der Waals surface area contributed by atoms with E-state index in [1.54, 1.807) is 0 Å². The van der Waals surface area contributed by atoms with E-state index in [9.17, 15) is 8.42 Å². The maximum atomic E-state index is 12.6. The van der Waals surface area contributed by atoms with Gasteiger partial charge < -0.3 is 5.11 Å². The molecule has 2 heterocycles. The van der Waals surface area contributed by atoms with Crippen LogP contribution in [0.3, 0.4) is 0 Å². The lowest BCUT2D eigenvalue weighted by molar-refractivity contribution is 0.264. The van der Waals surface area contributed by atoms with Gasteiger partial charge >= 0.3 is 0 Å². The van der Waals surface area contributed by atoms with Crippen molar-refractivity contribution in [3.63, 3.8) is 0 Å². The van der Waals surface area contributed by atoms with Gasteiger partial charge in [0.2, 0.25) is 10.0 Å². The van der Waals surface area contributed by atoms with Gasteiger partial charge in [0.05, 0.1) is 4.34 Å². The Morgan fingerprint density at radius 2 is 2.21 bits per heavy atom. The number of hydrogen-bond acceptors (Lipinski definition) is 4. The molecule has 1 aromatic rings. The molecule has 2 rings (SSSR count). The third kappa shape index (κ3) is 3.25. The van der Waals surface area contributed by atoms with Crippen LogP contribution in [-0.4, -0.2) is 37.0 Å². The molecule has 1 N–H and O–H groups in total. The molecule has 108 valence electrons. The molecule has 1 aromatic heterocycles. The van der Waals surface area contributed by atoms with E-state index in [-0.39, 0.29) is 21.9 Å². The van der Waals surface area contributed by atoms with Crippen molar-refractivity contribution in [1.82, 2.24) is 4.31 Å². The lowest BCUT2D eigenvalue weighted by atomic mass is 10.1. The zero-order valence-electron chi connectivity index (χ0n) is 10.2. The lowest BCUT2D eigenvalue weighted by Gasteiger charge is -2.23. The van der Waals surface area contributed by atoms with Crippen LogP contribution in [0.4, 0.5) is 0 Å². The molecule has 0 saturated carbocycles. The van der Waals surface area contributed by atoms with E-state index in [1.807, 2.05) is 0 Å². The quantitative estimate of drug-likeness (QED) is 0.893. The second-order valence-corrected chi connectivity index (χ2v) is 8.61. The standard InChI is InChI=1S/C11H15Cl2NO3S2/c12-10-7-9(11(13)18-10)19(16,17)14-5-1-3-8(14)4-2-6-15/h7-8,15H,1-6H2. The van der Waals surface area contributed by atoms with Crippen molar-refractivity contribution in [2.75, 3.05) is 13.2 Å². The first kappa shape index (κ1) is 15.5. The Bertz CT molecular complexity index is 544. The Morgan fingerprint density at radius 1 is 1.47 bits per heavy atom. The number of nitrogens with zero attached hydrogens (tertiary/aromatic N) is 1. The first-order valence-electron chi connectivity index (χ1n) is 6.04. The van der Waals surface area contributed by atoms with E-state index in [1.165, 1.54) is 10.4 Å². The minimum Gasteiger partial charge on any atom is -0.396 e. The van der Waals surface area contributed by atoms with Crippen LogP contribution in [0.25, 0.3) is 0 Å². The minimum atomic E-state index is -3.58. The Hall–Kier alpha value is 0.150. The molecule has 19 heavy (non-hydrogen) atoms. The highest BCUT2D eigenvalue weighted by atomic mass is 35.5. The number of sulfonamides is 1. The third-order valence-electron chi connectivity index (χ3n) is 3.23. The van der Waals surface area contributed by atoms with Gasteiger partial charge in [-0.15, -0.1) is 11.3 Å². The number of halogens is 2. The van der Waals surface area contributed by atoms with E-state index >= 15 is 0 Å². The number of aliphatic hydroxyl groups is 1. The molecule has 1 aliphatic heterocycles. The Labute approximate surface area is 127 Å². The van der Waals surface area contributed by atoms with Crippen molar-refractivity contribution in [1.29, 1.82) is 0 Å². The smallest absolute Gasteiger partial charge is 0.245 e. The van der Waals surface area contributed by atoms with Gasteiger partial charge in [0.1, 0.15) is 9.23 Å². The van der Waals surface area contributed by atoms with Crippen LogP contribution in [0.15, 0.2) is 11.0 Å². The van der Waals surface area contributed by atoms with E-state index in [4.69, 9.17) is 28.3 Å². The van der Waals surface area contributed by atoms with Crippen molar-refractivity contribution < 1.29 is 13.5 Å². The molecule has 0 spiro atoms. The first-order valence-corrected chi connectivity index (χ1v) is 9.05. The van der Waals surface area contributed by atoms with Gasteiger partial charge in [-0.05, 0) is 31.7 Å². The summed E-state index contributed by atoms with van der Waals surface area (Å²) in [5.74, 6) is 0. The van der Waals surface area contributed by atoms with Crippen molar-refractivity contribution in [2.24, 2.45) is 0 Å². The molecular weight excluding hydrogens is 329 g/mol. The molecule has 8 heteroatoms. The summed E-state index contributed by atoms with van der Waals surface area (Å²) in [6.45, 7) is 0.581. The molecular formula is C11H15Cl2NO3S2. The second kappa shape index (κ2) is 6.28. The Kier molecular flexibility index (Phi) is 5.14. The van der Waals surface area contributed by atoms with E-state index < -0.39 is 10.0 Å². The fourth-order valence-electron chi connectivity index (χ4n) is 2.37. The van der Waals surface area contributed by atoms with Crippen LogP contribution in [0.2, 0.25) is 8.67 Å². The molecule has 0 aliphatic carbocycles. The third-order valence-corrected chi connectivity index (χ3v) is 6.94. The van der Waals surface area contributed by atoms with Crippen LogP contribution in [0.1, 0.15) is 25.7 Å². The maximum Gasteiger partial charge on any atom is 0.245 e. The Morgan fingerprint density at radius 3 is 2.79 bits per heavy atom. The number of aliphatic hydroxyl groups excluding tert-OH is 1. The van der Waals surface area contributed by atoms with E-state index in [0.717, 1.165) is 24.2 Å². The summed E-state index contributed by atoms with van der Waals surface area (Å²) >= 11 is 12.8. The fraction of sp³-hybridized carbons (Fsp3) is 0.636. The molecule has 1 aliphatic rings. The maximum absolute atomic E-state index is 12.6. The monoisotopic (exact) mass is 343 g/mol. The summed E-state index contributed by atoms with van der Waals surface area (Å²) in [7, 11) is -3.58. The predicted molar refractivity (Wildman–Crippen MR) is 77.6 cm³/mol. The molecule has 1 unspecified atom stereocenters. The summed E-state index contributed by atoms with van der Waals surface area (Å²) in [4.78, 5) is 0.0973. The number of thiophene rings is 1. The van der Waals surface area contributed by atoms with Crippen molar-refractivity contribution in [3.05, 3.63) is 14.7 Å². The van der Waals surface area contributed by atoms with Crippen LogP contribution >= 0.6 is 34.5 Å². The first-order chi connectivity index (χ1) is 8.96. The number of hydrogen-bond donors (Lipinski definition) is 1. The molecule has 0 bridgehead atoms. The van der Waals surface area contributed by atoms with Gasteiger partial charge in [-0.3, -0.25) is 0 Å². The SMILES string of the molecule is O=S(=O)(c1cc(Cl)sc1Cl)N1CCCC1CCCO. The summed E-state index contributed by atoms with van der Waals surface area (Å²) < 4.78 is 27.2. The van der Waals surface area contributed by atoms with Gasteiger partial charge in [0.25, 0.3) is 0 Å². The molecule has 1 atom stereocenters. The molecule has 0 aromatic carbocycles. The second-order valence-electron chi connectivity index (χ2n) is 4.47. The average molecular weight is 344 g/mol. The molecule has 1 fully saturated rings. The van der Waals surface area contributed by atoms with Crippen LogP contribution in [0.5, 0.6) is 0 Å². The Balaban J connectivity index is 2.26. The molecule has 0 amide bonds. The summed E-state index contributed by atoms with van der Waals surface area (Å²) in [5, 5.41) is 8.88. The highest BCUT2D eigenvalue weighted by molar-refractivity contribution is 7.89. The highest BCUT2D eigenvalue weighted by Gasteiger charge is 2.36. The summed E-state index contributed by atoms with van der Waals surface area (Å²) in [6.07, 6.45) is 2.94. The van der Waals surface area contributed by atoms with Crippen LogP contribution < -0.4 is 0 Å². The van der Waals surface area contributed by atoms with Gasteiger partial charge in [-0.2, -0.15) is 4.31 Å². The van der Waals surface area contributed by atoms with Gasteiger partial charge in [0, 0.05) is 19.2 Å². The van der Waals surface area contributed by atoms with Gasteiger partial charge in [-0.1, -0.05) is 23.2 Å². The normalized spacial score (nSPS) is 21.1. The zero-order chi connectivity index (χ0) is 14.0. The van der Waals surface area contributed by atoms with Gasteiger partial charge in [-0.25, -0.2) is 8.42 Å². The highest BCUT2D eigenvalue weighted by Crippen LogP contribution is 2.38. The average Bonchev–Trinajstić information content (AvgIpc) is 2.93. The van der Waals surface area contributed by atoms with Crippen molar-refractivity contribution >= 4 is 44.6 Å². The van der Waals surface area contributed by atoms with Crippen LogP contribution in [-0.2, 0) is 10.0 Å². The fourth-order valence-corrected chi connectivity index (χ4v) is 6.21. The van der Waals surface area contributed by atoms with E-state index in [2.05, 4.69) is 0 Å².